The van der Waals surface area contributed by atoms with Gasteiger partial charge in [0, 0.05) is 51.2 Å². The Labute approximate surface area is 170 Å². The Balaban J connectivity index is 1.60. The van der Waals surface area contributed by atoms with E-state index in [1.54, 1.807) is 43.3 Å². The summed E-state index contributed by atoms with van der Waals surface area (Å²) in [6, 6.07) is 16.0. The number of piperazine rings is 1. The van der Waals surface area contributed by atoms with Crippen LogP contribution in [0.25, 0.3) is 10.9 Å². The normalized spacial score (nSPS) is 15.6. The molecule has 1 aliphatic rings. The largest absolute Gasteiger partial charge is 0.340 e. The SMILES string of the molecule is CC(=O)N1CCN(Cc2cccc3cc(S(=O)(=O)c4ccccc4)cnc23)CC1. The van der Waals surface area contributed by atoms with Gasteiger partial charge in [0.05, 0.1) is 15.3 Å². The summed E-state index contributed by atoms with van der Waals surface area (Å²) in [4.78, 5) is 20.6. The summed E-state index contributed by atoms with van der Waals surface area (Å²) in [5.74, 6) is 0.114. The van der Waals surface area contributed by atoms with Crippen LogP contribution in [0.2, 0.25) is 0 Å². The Bertz CT molecular complexity index is 1140. The van der Waals surface area contributed by atoms with Crippen LogP contribution in [-0.2, 0) is 21.2 Å². The maximum absolute atomic E-state index is 12.9. The van der Waals surface area contributed by atoms with Gasteiger partial charge in [0.25, 0.3) is 0 Å². The maximum atomic E-state index is 12.9. The average molecular weight is 410 g/mol. The maximum Gasteiger partial charge on any atom is 0.219 e. The zero-order valence-electron chi connectivity index (χ0n) is 16.3. The van der Waals surface area contributed by atoms with Crippen LogP contribution in [-0.4, -0.2) is 55.3 Å². The van der Waals surface area contributed by atoms with E-state index in [0.717, 1.165) is 49.2 Å². The highest BCUT2D eigenvalue weighted by Crippen LogP contribution is 2.25. The zero-order chi connectivity index (χ0) is 20.4. The second kappa shape index (κ2) is 7.93. The van der Waals surface area contributed by atoms with Gasteiger partial charge < -0.3 is 4.90 Å². The van der Waals surface area contributed by atoms with Crippen LogP contribution in [0.15, 0.2) is 70.6 Å². The molecule has 1 amide bonds. The summed E-state index contributed by atoms with van der Waals surface area (Å²) in [5, 5.41) is 0.807. The summed E-state index contributed by atoms with van der Waals surface area (Å²) in [7, 11) is -3.60. The number of pyridine rings is 1. The van der Waals surface area contributed by atoms with E-state index in [4.69, 9.17) is 0 Å². The Kier molecular flexibility index (Phi) is 5.34. The van der Waals surface area contributed by atoms with Crippen molar-refractivity contribution in [1.29, 1.82) is 0 Å². The number of fused-ring (bicyclic) bond motifs is 1. The van der Waals surface area contributed by atoms with E-state index in [1.807, 2.05) is 23.1 Å². The van der Waals surface area contributed by atoms with Crippen molar-refractivity contribution in [3.8, 4) is 0 Å². The fourth-order valence-electron chi connectivity index (χ4n) is 3.68. The molecule has 2 heterocycles. The van der Waals surface area contributed by atoms with Crippen molar-refractivity contribution in [2.24, 2.45) is 0 Å². The minimum absolute atomic E-state index is 0.114. The fraction of sp³-hybridized carbons (Fsp3) is 0.273. The Morgan fingerprint density at radius 3 is 2.38 bits per heavy atom. The molecule has 4 rings (SSSR count). The van der Waals surface area contributed by atoms with Crippen molar-refractivity contribution in [2.45, 2.75) is 23.3 Å². The Hall–Kier alpha value is -2.77. The topological polar surface area (TPSA) is 70.6 Å². The van der Waals surface area contributed by atoms with Crippen molar-refractivity contribution >= 4 is 26.6 Å². The lowest BCUT2D eigenvalue weighted by atomic mass is 10.1. The quantitative estimate of drug-likeness (QED) is 0.663. The molecule has 6 nitrogen and oxygen atoms in total. The number of nitrogens with zero attached hydrogens (tertiary/aromatic N) is 3. The van der Waals surface area contributed by atoms with Crippen molar-refractivity contribution in [1.82, 2.24) is 14.8 Å². The number of carbonyl (C=O) groups is 1. The summed E-state index contributed by atoms with van der Waals surface area (Å²) >= 11 is 0. The zero-order valence-corrected chi connectivity index (χ0v) is 17.1. The molecule has 29 heavy (non-hydrogen) atoms. The van der Waals surface area contributed by atoms with E-state index < -0.39 is 9.84 Å². The molecule has 0 unspecified atom stereocenters. The summed E-state index contributed by atoms with van der Waals surface area (Å²) < 4.78 is 25.8. The molecule has 0 N–H and O–H groups in total. The van der Waals surface area contributed by atoms with Crippen LogP contribution in [0, 0.1) is 0 Å². The van der Waals surface area contributed by atoms with E-state index in [1.165, 1.54) is 6.20 Å². The van der Waals surface area contributed by atoms with E-state index in [9.17, 15) is 13.2 Å². The molecule has 0 radical (unpaired) electrons. The molecular formula is C22H23N3O3S. The van der Waals surface area contributed by atoms with Crippen LogP contribution < -0.4 is 0 Å². The molecule has 1 aliphatic heterocycles. The van der Waals surface area contributed by atoms with Gasteiger partial charge in [-0.25, -0.2) is 8.42 Å². The second-order valence-electron chi connectivity index (χ2n) is 7.26. The van der Waals surface area contributed by atoms with Gasteiger partial charge in [-0.1, -0.05) is 36.4 Å². The van der Waals surface area contributed by atoms with Crippen molar-refractivity contribution < 1.29 is 13.2 Å². The highest BCUT2D eigenvalue weighted by atomic mass is 32.2. The Morgan fingerprint density at radius 2 is 1.69 bits per heavy atom. The number of aromatic nitrogens is 1. The van der Waals surface area contributed by atoms with E-state index in [0.29, 0.717) is 0 Å². The van der Waals surface area contributed by atoms with E-state index in [2.05, 4.69) is 9.88 Å². The van der Waals surface area contributed by atoms with E-state index >= 15 is 0 Å². The van der Waals surface area contributed by atoms with Crippen molar-refractivity contribution in [3.05, 3.63) is 66.4 Å². The molecule has 1 saturated heterocycles. The molecule has 0 spiro atoms. The lowest BCUT2D eigenvalue weighted by Gasteiger charge is -2.34. The number of hydrogen-bond acceptors (Lipinski definition) is 5. The van der Waals surface area contributed by atoms with Crippen LogP contribution in [0.5, 0.6) is 0 Å². The number of sulfone groups is 1. The molecule has 0 saturated carbocycles. The first-order chi connectivity index (χ1) is 13.9. The van der Waals surface area contributed by atoms with Gasteiger partial charge in [-0.2, -0.15) is 0 Å². The van der Waals surface area contributed by atoms with Gasteiger partial charge in [0.1, 0.15) is 0 Å². The molecule has 150 valence electrons. The molecule has 0 bridgehead atoms. The monoisotopic (exact) mass is 409 g/mol. The summed E-state index contributed by atoms with van der Waals surface area (Å²) in [6.07, 6.45) is 1.45. The lowest BCUT2D eigenvalue weighted by Crippen LogP contribution is -2.47. The Morgan fingerprint density at radius 1 is 0.966 bits per heavy atom. The fourth-order valence-corrected chi connectivity index (χ4v) is 4.94. The third-order valence-electron chi connectivity index (χ3n) is 5.34. The van der Waals surface area contributed by atoms with Crippen molar-refractivity contribution in [3.63, 3.8) is 0 Å². The van der Waals surface area contributed by atoms with Crippen LogP contribution >= 0.6 is 0 Å². The molecule has 0 aliphatic carbocycles. The standard InChI is InChI=1S/C22H23N3O3S/c1-17(26)25-12-10-24(11-13-25)16-19-7-5-6-18-14-21(15-23-22(18)19)29(27,28)20-8-3-2-4-9-20/h2-9,14-15H,10-13,16H2,1H3. The predicted molar refractivity (Wildman–Crippen MR) is 111 cm³/mol. The molecule has 1 aromatic heterocycles. The van der Waals surface area contributed by atoms with Crippen molar-refractivity contribution in [2.75, 3.05) is 26.2 Å². The van der Waals surface area contributed by atoms with Gasteiger partial charge in [-0.05, 0) is 23.8 Å². The number of hydrogen-bond donors (Lipinski definition) is 0. The third-order valence-corrected chi connectivity index (χ3v) is 7.08. The van der Waals surface area contributed by atoms with Gasteiger partial charge in [-0.3, -0.25) is 14.7 Å². The first-order valence-corrected chi connectivity index (χ1v) is 11.1. The first kappa shape index (κ1) is 19.5. The smallest absolute Gasteiger partial charge is 0.219 e. The molecule has 0 atom stereocenters. The highest BCUT2D eigenvalue weighted by Gasteiger charge is 2.21. The molecule has 3 aromatic rings. The number of para-hydroxylation sites is 1. The molecular weight excluding hydrogens is 386 g/mol. The molecule has 2 aromatic carbocycles. The first-order valence-electron chi connectivity index (χ1n) is 9.61. The van der Waals surface area contributed by atoms with Crippen LogP contribution in [0.4, 0.5) is 0 Å². The molecule has 7 heteroatoms. The van der Waals surface area contributed by atoms with Crippen LogP contribution in [0.3, 0.4) is 0 Å². The number of benzene rings is 2. The van der Waals surface area contributed by atoms with Crippen LogP contribution in [0.1, 0.15) is 12.5 Å². The summed E-state index contributed by atoms with van der Waals surface area (Å²) in [6.45, 7) is 5.42. The second-order valence-corrected chi connectivity index (χ2v) is 9.21. The van der Waals surface area contributed by atoms with E-state index in [-0.39, 0.29) is 15.7 Å². The van der Waals surface area contributed by atoms with Gasteiger partial charge in [0.15, 0.2) is 0 Å². The highest BCUT2D eigenvalue weighted by molar-refractivity contribution is 7.91. The van der Waals surface area contributed by atoms with Gasteiger partial charge >= 0.3 is 0 Å². The minimum atomic E-state index is -3.60. The van der Waals surface area contributed by atoms with Gasteiger partial charge in [-0.15, -0.1) is 0 Å². The predicted octanol–water partition coefficient (Wildman–Crippen LogP) is 2.73. The number of amides is 1. The average Bonchev–Trinajstić information content (AvgIpc) is 2.74. The summed E-state index contributed by atoms with van der Waals surface area (Å²) in [5.41, 5.74) is 1.87. The number of rotatable bonds is 4. The number of carbonyl (C=O) groups excluding carboxylic acids is 1. The van der Waals surface area contributed by atoms with Gasteiger partial charge in [0.2, 0.25) is 15.7 Å². The molecule has 1 fully saturated rings. The third kappa shape index (κ3) is 4.02. The lowest BCUT2D eigenvalue weighted by molar-refractivity contribution is -0.130. The minimum Gasteiger partial charge on any atom is -0.340 e.